The van der Waals surface area contributed by atoms with Crippen molar-refractivity contribution in [2.75, 3.05) is 0 Å². The van der Waals surface area contributed by atoms with Crippen LogP contribution in [0.15, 0.2) is 56.3 Å². The van der Waals surface area contributed by atoms with E-state index in [1.165, 1.54) is 5.01 Å². The standard InChI is InChI=1S/C20H20N2O5/c23-17(8-9-18(24)25)22-20(16-7-3-11-27-16)15-6-1-4-13(19(15)21-22)12-14-5-2-10-26-14/h2-3,5,7,10-12,15,20H,1,4,6,8-9H2,(H,24,25)/b13-12+/t15-,20+/m0/s1. The van der Waals surface area contributed by atoms with Crippen molar-refractivity contribution < 1.29 is 23.5 Å². The van der Waals surface area contributed by atoms with Gasteiger partial charge in [0.15, 0.2) is 0 Å². The van der Waals surface area contributed by atoms with Gasteiger partial charge < -0.3 is 13.9 Å². The third kappa shape index (κ3) is 3.45. The van der Waals surface area contributed by atoms with Crippen molar-refractivity contribution in [3.8, 4) is 0 Å². The number of nitrogens with zero attached hydrogens (tertiary/aromatic N) is 2. The molecule has 0 aromatic carbocycles. The molecule has 140 valence electrons. The van der Waals surface area contributed by atoms with Gasteiger partial charge in [-0.05, 0) is 55.2 Å². The number of carboxylic acids is 1. The van der Waals surface area contributed by atoms with Crippen LogP contribution in [0.2, 0.25) is 0 Å². The average Bonchev–Trinajstić information content (AvgIpc) is 3.39. The van der Waals surface area contributed by atoms with Crippen molar-refractivity contribution >= 4 is 23.7 Å². The van der Waals surface area contributed by atoms with Crippen molar-refractivity contribution in [2.45, 2.75) is 38.1 Å². The Morgan fingerprint density at radius 1 is 1.22 bits per heavy atom. The predicted molar refractivity (Wildman–Crippen MR) is 96.6 cm³/mol. The SMILES string of the molecule is O=C(O)CCC(=O)N1N=C2/C(=C/c3ccco3)CCC[C@@H]2[C@@H]1c1ccco1. The molecule has 27 heavy (non-hydrogen) atoms. The first-order valence-electron chi connectivity index (χ1n) is 9.03. The van der Waals surface area contributed by atoms with Crippen molar-refractivity contribution in [3.05, 3.63) is 53.9 Å². The minimum absolute atomic E-state index is 0.0277. The van der Waals surface area contributed by atoms with E-state index in [2.05, 4.69) is 5.10 Å². The van der Waals surface area contributed by atoms with Gasteiger partial charge in [0.1, 0.15) is 17.6 Å². The van der Waals surface area contributed by atoms with Crippen LogP contribution < -0.4 is 0 Å². The summed E-state index contributed by atoms with van der Waals surface area (Å²) in [5.74, 6) is 0.138. The summed E-state index contributed by atoms with van der Waals surface area (Å²) >= 11 is 0. The molecule has 0 bridgehead atoms. The summed E-state index contributed by atoms with van der Waals surface area (Å²) in [6.45, 7) is 0. The summed E-state index contributed by atoms with van der Waals surface area (Å²) in [5.41, 5.74) is 1.91. The first kappa shape index (κ1) is 17.3. The quantitative estimate of drug-likeness (QED) is 0.864. The molecule has 2 aliphatic rings. The van der Waals surface area contributed by atoms with E-state index in [1.54, 1.807) is 18.6 Å². The summed E-state index contributed by atoms with van der Waals surface area (Å²) < 4.78 is 11.0. The number of rotatable bonds is 5. The topological polar surface area (TPSA) is 96.2 Å². The molecule has 1 N–H and O–H groups in total. The highest BCUT2D eigenvalue weighted by Gasteiger charge is 2.45. The highest BCUT2D eigenvalue weighted by molar-refractivity contribution is 6.08. The number of furan rings is 2. The Balaban J connectivity index is 1.68. The minimum atomic E-state index is -0.999. The highest BCUT2D eigenvalue weighted by atomic mass is 16.4. The van der Waals surface area contributed by atoms with Gasteiger partial charge in [-0.25, -0.2) is 5.01 Å². The molecule has 7 heteroatoms. The van der Waals surface area contributed by atoms with E-state index in [0.717, 1.165) is 36.3 Å². The van der Waals surface area contributed by atoms with Crippen LogP contribution in [-0.4, -0.2) is 27.7 Å². The van der Waals surface area contributed by atoms with Crippen molar-refractivity contribution in [2.24, 2.45) is 11.0 Å². The molecule has 0 saturated heterocycles. The smallest absolute Gasteiger partial charge is 0.303 e. The molecule has 0 spiro atoms. The number of carbonyl (C=O) groups is 2. The molecular weight excluding hydrogens is 348 g/mol. The van der Waals surface area contributed by atoms with Gasteiger partial charge >= 0.3 is 5.97 Å². The molecule has 4 rings (SSSR count). The first-order valence-corrected chi connectivity index (χ1v) is 9.03. The molecule has 2 aromatic heterocycles. The van der Waals surface area contributed by atoms with E-state index in [0.29, 0.717) is 5.76 Å². The van der Waals surface area contributed by atoms with Gasteiger partial charge in [0.2, 0.25) is 5.91 Å². The van der Waals surface area contributed by atoms with E-state index in [4.69, 9.17) is 13.9 Å². The van der Waals surface area contributed by atoms with Crippen LogP contribution in [0.3, 0.4) is 0 Å². The summed E-state index contributed by atoms with van der Waals surface area (Å²) in [4.78, 5) is 23.6. The number of fused-ring (bicyclic) bond motifs is 1. The Bertz CT molecular complexity index is 880. The number of aliphatic carboxylic acids is 1. The molecule has 1 aliphatic heterocycles. The third-order valence-electron chi connectivity index (χ3n) is 5.00. The second-order valence-corrected chi connectivity index (χ2v) is 6.76. The number of carboxylic acid groups (broad SMARTS) is 1. The van der Waals surface area contributed by atoms with Gasteiger partial charge in [-0.3, -0.25) is 9.59 Å². The molecule has 0 unspecified atom stereocenters. The molecule has 2 aromatic rings. The minimum Gasteiger partial charge on any atom is -0.481 e. The fourth-order valence-corrected chi connectivity index (χ4v) is 3.82. The fourth-order valence-electron chi connectivity index (χ4n) is 3.82. The van der Waals surface area contributed by atoms with Gasteiger partial charge in [0, 0.05) is 12.3 Å². The van der Waals surface area contributed by atoms with Crippen LogP contribution in [-0.2, 0) is 9.59 Å². The normalized spacial score (nSPS) is 23.3. The second-order valence-electron chi connectivity index (χ2n) is 6.76. The van der Waals surface area contributed by atoms with E-state index >= 15 is 0 Å². The fraction of sp³-hybridized carbons (Fsp3) is 0.350. The highest BCUT2D eigenvalue weighted by Crippen LogP contribution is 2.44. The maximum atomic E-state index is 12.7. The summed E-state index contributed by atoms with van der Waals surface area (Å²) in [6.07, 6.45) is 7.59. The molecular formula is C20H20N2O5. The molecule has 1 saturated carbocycles. The molecule has 1 aliphatic carbocycles. The Kier molecular flexibility index (Phi) is 4.66. The van der Waals surface area contributed by atoms with Crippen LogP contribution in [0.1, 0.15) is 49.7 Å². The zero-order valence-electron chi connectivity index (χ0n) is 14.7. The molecule has 2 atom stereocenters. The van der Waals surface area contributed by atoms with E-state index in [9.17, 15) is 9.59 Å². The number of hydrogen-bond acceptors (Lipinski definition) is 5. The molecule has 3 heterocycles. The van der Waals surface area contributed by atoms with Gasteiger partial charge in [0.25, 0.3) is 0 Å². The average molecular weight is 368 g/mol. The maximum Gasteiger partial charge on any atom is 0.303 e. The van der Waals surface area contributed by atoms with Gasteiger partial charge in [-0.1, -0.05) is 0 Å². The lowest BCUT2D eigenvalue weighted by atomic mass is 9.79. The Morgan fingerprint density at radius 2 is 2.04 bits per heavy atom. The van der Waals surface area contributed by atoms with E-state index < -0.39 is 5.97 Å². The number of carbonyl (C=O) groups excluding carboxylic acids is 1. The largest absolute Gasteiger partial charge is 0.481 e. The lowest BCUT2D eigenvalue weighted by Gasteiger charge is -2.27. The number of hydrazone groups is 1. The zero-order chi connectivity index (χ0) is 18.8. The number of allylic oxidation sites excluding steroid dienone is 1. The first-order chi connectivity index (χ1) is 13.1. The monoisotopic (exact) mass is 368 g/mol. The van der Waals surface area contributed by atoms with Crippen molar-refractivity contribution in [1.82, 2.24) is 5.01 Å². The lowest BCUT2D eigenvalue weighted by Crippen LogP contribution is -2.31. The maximum absolute atomic E-state index is 12.7. The zero-order valence-corrected chi connectivity index (χ0v) is 14.7. The summed E-state index contributed by atoms with van der Waals surface area (Å²) in [5, 5.41) is 14.9. The van der Waals surface area contributed by atoms with E-state index in [1.807, 2.05) is 24.3 Å². The van der Waals surface area contributed by atoms with Crippen LogP contribution >= 0.6 is 0 Å². The summed E-state index contributed by atoms with van der Waals surface area (Å²) in [6, 6.07) is 7.00. The van der Waals surface area contributed by atoms with Crippen LogP contribution in [0.25, 0.3) is 6.08 Å². The molecule has 1 amide bonds. The molecule has 0 radical (unpaired) electrons. The Labute approximate surface area is 155 Å². The van der Waals surface area contributed by atoms with Crippen LogP contribution in [0.4, 0.5) is 0 Å². The summed E-state index contributed by atoms with van der Waals surface area (Å²) in [7, 11) is 0. The molecule has 7 nitrogen and oxygen atoms in total. The van der Waals surface area contributed by atoms with Crippen LogP contribution in [0, 0.1) is 5.92 Å². The Hall–Kier alpha value is -3.09. The third-order valence-corrected chi connectivity index (χ3v) is 5.00. The van der Waals surface area contributed by atoms with E-state index in [-0.39, 0.29) is 30.7 Å². The van der Waals surface area contributed by atoms with Gasteiger partial charge in [-0.15, -0.1) is 0 Å². The number of amides is 1. The Morgan fingerprint density at radius 3 is 2.74 bits per heavy atom. The van der Waals surface area contributed by atoms with Gasteiger partial charge in [0.05, 0.1) is 24.7 Å². The predicted octanol–water partition coefficient (Wildman–Crippen LogP) is 3.86. The molecule has 1 fully saturated rings. The second kappa shape index (κ2) is 7.26. The lowest BCUT2D eigenvalue weighted by molar-refractivity contribution is -0.141. The van der Waals surface area contributed by atoms with Crippen molar-refractivity contribution in [1.29, 1.82) is 0 Å². The van der Waals surface area contributed by atoms with Gasteiger partial charge in [-0.2, -0.15) is 5.10 Å². The number of hydrogen-bond donors (Lipinski definition) is 1. The van der Waals surface area contributed by atoms with Crippen LogP contribution in [0.5, 0.6) is 0 Å². The van der Waals surface area contributed by atoms with Crippen molar-refractivity contribution in [3.63, 3.8) is 0 Å².